The van der Waals surface area contributed by atoms with Crippen LogP contribution in [0, 0.1) is 0 Å². The molecule has 2 atom stereocenters. The molecule has 7 heteroatoms. The van der Waals surface area contributed by atoms with Gasteiger partial charge in [0.15, 0.2) is 0 Å². The number of alkyl halides is 2. The minimum atomic E-state index is -2.82. The molecule has 0 aliphatic rings. The second-order valence-electron chi connectivity index (χ2n) is 3.28. The molecule has 1 heterocycles. The summed E-state index contributed by atoms with van der Waals surface area (Å²) in [6.07, 6.45) is -4.63. The maximum absolute atomic E-state index is 12.0. The molecule has 0 bridgehead atoms. The Bertz CT molecular complexity index is 315. The highest BCUT2D eigenvalue weighted by atomic mass is 19.3. The first-order chi connectivity index (χ1) is 7.58. The summed E-state index contributed by atoms with van der Waals surface area (Å²) in [5.74, 6) is 0.291. The van der Waals surface area contributed by atoms with Crippen LogP contribution in [0.3, 0.4) is 0 Å². The fourth-order valence-corrected chi connectivity index (χ4v) is 1.20. The average molecular weight is 236 g/mol. The summed E-state index contributed by atoms with van der Waals surface area (Å²) >= 11 is 0. The quantitative estimate of drug-likeness (QED) is 0.807. The summed E-state index contributed by atoms with van der Waals surface area (Å²) in [7, 11) is 1.50. The predicted molar refractivity (Wildman–Crippen MR) is 50.1 cm³/mol. The van der Waals surface area contributed by atoms with Gasteiger partial charge < -0.3 is 14.4 Å². The second-order valence-corrected chi connectivity index (χ2v) is 3.28. The molecule has 0 fully saturated rings. The van der Waals surface area contributed by atoms with E-state index < -0.39 is 12.5 Å². The molecule has 1 aromatic rings. The van der Waals surface area contributed by atoms with Gasteiger partial charge in [0.1, 0.15) is 12.2 Å². The standard InChI is InChI=1S/C9H14F2N2O3/c1-3-6(15-2)9-12-7(16-13-9)4-5(14)8(10)11/h5-6,8,14H,3-4H2,1-2H3. The number of aliphatic hydroxyl groups is 1. The van der Waals surface area contributed by atoms with Crippen LogP contribution in [0.5, 0.6) is 0 Å². The number of hydrogen-bond acceptors (Lipinski definition) is 5. The highest BCUT2D eigenvalue weighted by Gasteiger charge is 2.22. The number of rotatable bonds is 6. The van der Waals surface area contributed by atoms with Crippen molar-refractivity contribution in [1.29, 1.82) is 0 Å². The summed E-state index contributed by atoms with van der Waals surface area (Å²) in [5.41, 5.74) is 0. The molecule has 0 aliphatic heterocycles. The molecule has 0 aliphatic carbocycles. The normalized spacial score (nSPS) is 15.4. The van der Waals surface area contributed by atoms with Crippen LogP contribution in [-0.2, 0) is 11.2 Å². The molecular weight excluding hydrogens is 222 g/mol. The highest BCUT2D eigenvalue weighted by Crippen LogP contribution is 2.17. The molecule has 1 aromatic heterocycles. The smallest absolute Gasteiger partial charge is 0.264 e. The van der Waals surface area contributed by atoms with Crippen LogP contribution in [-0.4, -0.2) is 34.9 Å². The molecule has 0 spiro atoms. The average Bonchev–Trinajstić information content (AvgIpc) is 2.68. The van der Waals surface area contributed by atoms with Crippen molar-refractivity contribution in [1.82, 2.24) is 10.1 Å². The number of aliphatic hydroxyl groups excluding tert-OH is 1. The van der Waals surface area contributed by atoms with Crippen LogP contribution < -0.4 is 0 Å². The Balaban J connectivity index is 2.64. The lowest BCUT2D eigenvalue weighted by Gasteiger charge is -2.06. The van der Waals surface area contributed by atoms with Crippen LogP contribution in [0.25, 0.3) is 0 Å². The molecule has 0 amide bonds. The van der Waals surface area contributed by atoms with E-state index in [1.165, 1.54) is 7.11 Å². The summed E-state index contributed by atoms with van der Waals surface area (Å²) < 4.78 is 33.9. The van der Waals surface area contributed by atoms with Gasteiger partial charge in [-0.2, -0.15) is 4.98 Å². The van der Waals surface area contributed by atoms with Gasteiger partial charge >= 0.3 is 0 Å². The number of halogens is 2. The Morgan fingerprint density at radius 1 is 1.50 bits per heavy atom. The van der Waals surface area contributed by atoms with Crippen molar-refractivity contribution in [2.75, 3.05) is 7.11 Å². The lowest BCUT2D eigenvalue weighted by Crippen LogP contribution is -2.20. The van der Waals surface area contributed by atoms with Gasteiger partial charge in [-0.15, -0.1) is 0 Å². The molecule has 2 unspecified atom stereocenters. The zero-order valence-electron chi connectivity index (χ0n) is 9.06. The van der Waals surface area contributed by atoms with E-state index in [2.05, 4.69) is 10.1 Å². The van der Waals surface area contributed by atoms with Crippen molar-refractivity contribution < 1.29 is 23.1 Å². The Labute approximate surface area is 91.4 Å². The van der Waals surface area contributed by atoms with Crippen molar-refractivity contribution in [2.24, 2.45) is 0 Å². The van der Waals surface area contributed by atoms with E-state index >= 15 is 0 Å². The number of hydrogen-bond donors (Lipinski definition) is 1. The topological polar surface area (TPSA) is 68.4 Å². The SMILES string of the molecule is CCC(OC)c1noc(CC(O)C(F)F)n1. The summed E-state index contributed by atoms with van der Waals surface area (Å²) in [5, 5.41) is 12.5. The van der Waals surface area contributed by atoms with Gasteiger partial charge in [-0.3, -0.25) is 0 Å². The number of nitrogens with zero attached hydrogens (tertiary/aromatic N) is 2. The van der Waals surface area contributed by atoms with Gasteiger partial charge in [-0.05, 0) is 6.42 Å². The van der Waals surface area contributed by atoms with Gasteiger partial charge in [0.2, 0.25) is 11.7 Å². The summed E-state index contributed by atoms with van der Waals surface area (Å²) in [6, 6.07) is 0. The molecule has 92 valence electrons. The van der Waals surface area contributed by atoms with E-state index in [0.717, 1.165) is 0 Å². The van der Waals surface area contributed by atoms with Gasteiger partial charge in [-0.1, -0.05) is 12.1 Å². The lowest BCUT2D eigenvalue weighted by atomic mass is 10.2. The second kappa shape index (κ2) is 5.86. The van der Waals surface area contributed by atoms with Crippen LogP contribution in [0.15, 0.2) is 4.52 Å². The van der Waals surface area contributed by atoms with Crippen LogP contribution in [0.1, 0.15) is 31.2 Å². The molecule has 0 radical (unpaired) electrons. The first-order valence-corrected chi connectivity index (χ1v) is 4.90. The van der Waals surface area contributed by atoms with Gasteiger partial charge in [0.05, 0.1) is 6.42 Å². The molecule has 1 rings (SSSR count). The molecule has 16 heavy (non-hydrogen) atoms. The third kappa shape index (κ3) is 3.21. The minimum Gasteiger partial charge on any atom is -0.387 e. The first-order valence-electron chi connectivity index (χ1n) is 4.90. The van der Waals surface area contributed by atoms with Crippen molar-refractivity contribution in [3.05, 3.63) is 11.7 Å². The molecule has 0 saturated carbocycles. The number of aromatic nitrogens is 2. The Kier molecular flexibility index (Phi) is 4.75. The zero-order valence-corrected chi connectivity index (χ0v) is 9.06. The maximum Gasteiger partial charge on any atom is 0.264 e. The molecule has 5 nitrogen and oxygen atoms in total. The Morgan fingerprint density at radius 2 is 2.19 bits per heavy atom. The Morgan fingerprint density at radius 3 is 2.69 bits per heavy atom. The van der Waals surface area contributed by atoms with Crippen LogP contribution >= 0.6 is 0 Å². The Hall–Kier alpha value is -1.08. The van der Waals surface area contributed by atoms with Gasteiger partial charge in [-0.25, -0.2) is 8.78 Å². The van der Waals surface area contributed by atoms with E-state index in [1.54, 1.807) is 0 Å². The van der Waals surface area contributed by atoms with Gasteiger partial charge in [0, 0.05) is 7.11 Å². The van der Waals surface area contributed by atoms with Crippen LogP contribution in [0.4, 0.5) is 8.78 Å². The minimum absolute atomic E-state index is 0.0155. The van der Waals surface area contributed by atoms with Crippen molar-refractivity contribution in [2.45, 2.75) is 38.4 Å². The van der Waals surface area contributed by atoms with Crippen molar-refractivity contribution in [3.8, 4) is 0 Å². The fraction of sp³-hybridized carbons (Fsp3) is 0.778. The van der Waals surface area contributed by atoms with E-state index in [-0.39, 0.29) is 18.4 Å². The fourth-order valence-electron chi connectivity index (χ4n) is 1.20. The van der Waals surface area contributed by atoms with Crippen LogP contribution in [0.2, 0.25) is 0 Å². The maximum atomic E-state index is 12.0. The third-order valence-corrected chi connectivity index (χ3v) is 2.10. The van der Waals surface area contributed by atoms with Gasteiger partial charge in [0.25, 0.3) is 6.43 Å². The molecular formula is C9H14F2N2O3. The molecule has 0 aromatic carbocycles. The van der Waals surface area contributed by atoms with E-state index in [9.17, 15) is 8.78 Å². The van der Waals surface area contributed by atoms with Crippen molar-refractivity contribution in [3.63, 3.8) is 0 Å². The summed E-state index contributed by atoms with van der Waals surface area (Å²) in [6.45, 7) is 1.87. The van der Waals surface area contributed by atoms with Crippen molar-refractivity contribution >= 4 is 0 Å². The molecule has 1 N–H and O–H groups in total. The van der Waals surface area contributed by atoms with E-state index in [0.29, 0.717) is 12.2 Å². The summed E-state index contributed by atoms with van der Waals surface area (Å²) in [4.78, 5) is 3.88. The lowest BCUT2D eigenvalue weighted by molar-refractivity contribution is -0.00754. The first kappa shape index (κ1) is 13.0. The largest absolute Gasteiger partial charge is 0.387 e. The third-order valence-electron chi connectivity index (χ3n) is 2.10. The number of ether oxygens (including phenoxy) is 1. The monoisotopic (exact) mass is 236 g/mol. The number of methoxy groups -OCH3 is 1. The highest BCUT2D eigenvalue weighted by molar-refractivity contribution is 4.92. The van der Waals surface area contributed by atoms with E-state index in [1.807, 2.05) is 6.92 Å². The predicted octanol–water partition coefficient (Wildman–Crippen LogP) is 1.34. The zero-order chi connectivity index (χ0) is 12.1. The van der Waals surface area contributed by atoms with E-state index in [4.69, 9.17) is 14.4 Å². The molecule has 0 saturated heterocycles.